The first-order chi connectivity index (χ1) is 7.63. The van der Waals surface area contributed by atoms with Gasteiger partial charge in [-0.2, -0.15) is 4.98 Å². The number of rotatable bonds is 2. The van der Waals surface area contributed by atoms with Crippen LogP contribution < -0.4 is 4.74 Å². The van der Waals surface area contributed by atoms with Crippen LogP contribution >= 0.6 is 15.9 Å². The van der Waals surface area contributed by atoms with Crippen LogP contribution in [0.25, 0.3) is 0 Å². The van der Waals surface area contributed by atoms with Crippen molar-refractivity contribution in [3.05, 3.63) is 46.6 Å². The molecule has 0 spiro atoms. The van der Waals surface area contributed by atoms with Crippen LogP contribution in [0.4, 0.5) is 4.39 Å². The predicted molar refractivity (Wildman–Crippen MR) is 60.9 cm³/mol. The van der Waals surface area contributed by atoms with Gasteiger partial charge in [-0.05, 0) is 47.1 Å². The number of benzene rings is 1. The Labute approximate surface area is 100 Å². The Hall–Kier alpha value is -1.49. The standard InChI is InChI=1S/C11H8BrFN2O/c1-7-14-10(12)6-11(15-7)16-9-4-2-8(13)3-5-9/h2-6H,1H3. The summed E-state index contributed by atoms with van der Waals surface area (Å²) in [5.74, 6) is 1.26. The first-order valence-corrected chi connectivity index (χ1v) is 5.37. The van der Waals surface area contributed by atoms with Gasteiger partial charge in [0.25, 0.3) is 0 Å². The van der Waals surface area contributed by atoms with Crippen LogP contribution in [0.15, 0.2) is 34.9 Å². The van der Waals surface area contributed by atoms with Gasteiger partial charge in [0.1, 0.15) is 22.0 Å². The third-order valence-corrected chi connectivity index (χ3v) is 2.23. The summed E-state index contributed by atoms with van der Waals surface area (Å²) in [6.45, 7) is 1.77. The van der Waals surface area contributed by atoms with Crippen LogP contribution in [0.3, 0.4) is 0 Å². The minimum absolute atomic E-state index is 0.299. The van der Waals surface area contributed by atoms with Crippen LogP contribution in [-0.4, -0.2) is 9.97 Å². The highest BCUT2D eigenvalue weighted by atomic mass is 79.9. The van der Waals surface area contributed by atoms with E-state index in [0.717, 1.165) is 0 Å². The van der Waals surface area contributed by atoms with Crippen LogP contribution in [0.1, 0.15) is 5.82 Å². The van der Waals surface area contributed by atoms with Gasteiger partial charge < -0.3 is 4.74 Å². The lowest BCUT2D eigenvalue weighted by Gasteiger charge is -2.05. The molecule has 0 bridgehead atoms. The van der Waals surface area contributed by atoms with Crippen molar-refractivity contribution in [3.8, 4) is 11.6 Å². The summed E-state index contributed by atoms with van der Waals surface area (Å²) < 4.78 is 18.8. The van der Waals surface area contributed by atoms with Gasteiger partial charge in [-0.25, -0.2) is 9.37 Å². The molecule has 0 atom stereocenters. The fraction of sp³-hybridized carbons (Fsp3) is 0.0909. The van der Waals surface area contributed by atoms with Crippen molar-refractivity contribution in [2.75, 3.05) is 0 Å². The first kappa shape index (κ1) is 11.0. The number of nitrogens with zero attached hydrogens (tertiary/aromatic N) is 2. The second-order valence-corrected chi connectivity index (χ2v) is 3.94. The lowest BCUT2D eigenvalue weighted by atomic mass is 10.3. The van der Waals surface area contributed by atoms with Crippen LogP contribution in [-0.2, 0) is 0 Å². The number of halogens is 2. The Morgan fingerprint density at radius 1 is 1.19 bits per heavy atom. The van der Waals surface area contributed by atoms with E-state index < -0.39 is 0 Å². The van der Waals surface area contributed by atoms with Crippen molar-refractivity contribution in [2.45, 2.75) is 6.92 Å². The Morgan fingerprint density at radius 2 is 1.88 bits per heavy atom. The molecule has 16 heavy (non-hydrogen) atoms. The normalized spacial score (nSPS) is 10.2. The SMILES string of the molecule is Cc1nc(Br)cc(Oc2ccc(F)cc2)n1. The lowest BCUT2D eigenvalue weighted by molar-refractivity contribution is 0.457. The minimum atomic E-state index is -0.299. The van der Waals surface area contributed by atoms with Gasteiger partial charge in [0.15, 0.2) is 0 Å². The average Bonchev–Trinajstić information content (AvgIpc) is 2.20. The Kier molecular flexibility index (Phi) is 3.14. The van der Waals surface area contributed by atoms with Crippen molar-refractivity contribution < 1.29 is 9.13 Å². The summed E-state index contributed by atoms with van der Waals surface area (Å²) >= 11 is 3.25. The van der Waals surface area contributed by atoms with Crippen molar-refractivity contribution in [1.29, 1.82) is 0 Å². The molecule has 0 aliphatic rings. The van der Waals surface area contributed by atoms with E-state index in [1.807, 2.05) is 0 Å². The molecule has 2 aromatic rings. The molecular formula is C11H8BrFN2O. The molecule has 0 aliphatic heterocycles. The molecule has 82 valence electrons. The van der Waals surface area contributed by atoms with E-state index in [0.29, 0.717) is 22.1 Å². The molecule has 0 saturated heterocycles. The molecule has 1 aromatic heterocycles. The summed E-state index contributed by atoms with van der Waals surface area (Å²) in [5, 5.41) is 0. The molecule has 0 radical (unpaired) electrons. The van der Waals surface area contributed by atoms with Gasteiger partial charge >= 0.3 is 0 Å². The summed E-state index contributed by atoms with van der Waals surface area (Å²) in [6, 6.07) is 7.40. The minimum Gasteiger partial charge on any atom is -0.439 e. The maximum absolute atomic E-state index is 12.7. The molecular weight excluding hydrogens is 275 g/mol. The van der Waals surface area contributed by atoms with Gasteiger partial charge in [0, 0.05) is 6.07 Å². The van der Waals surface area contributed by atoms with E-state index in [-0.39, 0.29) is 5.82 Å². The van der Waals surface area contributed by atoms with E-state index in [1.165, 1.54) is 12.1 Å². The van der Waals surface area contributed by atoms with Gasteiger partial charge in [0.05, 0.1) is 0 Å². The summed E-state index contributed by atoms with van der Waals surface area (Å²) in [5.41, 5.74) is 0. The number of hydrogen-bond donors (Lipinski definition) is 0. The smallest absolute Gasteiger partial charge is 0.223 e. The zero-order chi connectivity index (χ0) is 11.5. The van der Waals surface area contributed by atoms with E-state index in [1.54, 1.807) is 25.1 Å². The topological polar surface area (TPSA) is 35.0 Å². The highest BCUT2D eigenvalue weighted by Crippen LogP contribution is 2.21. The maximum Gasteiger partial charge on any atom is 0.223 e. The van der Waals surface area contributed by atoms with E-state index in [4.69, 9.17) is 4.74 Å². The van der Waals surface area contributed by atoms with E-state index in [2.05, 4.69) is 25.9 Å². The second-order valence-electron chi connectivity index (χ2n) is 3.13. The first-order valence-electron chi connectivity index (χ1n) is 4.58. The summed E-state index contributed by atoms with van der Waals surface area (Å²) in [7, 11) is 0. The Morgan fingerprint density at radius 3 is 2.50 bits per heavy atom. The molecule has 1 heterocycles. The number of ether oxygens (including phenoxy) is 1. The summed E-state index contributed by atoms with van der Waals surface area (Å²) in [6.07, 6.45) is 0. The molecule has 0 fully saturated rings. The molecule has 0 aliphatic carbocycles. The van der Waals surface area contributed by atoms with Crippen LogP contribution in [0, 0.1) is 12.7 Å². The predicted octanol–water partition coefficient (Wildman–Crippen LogP) is 3.48. The molecule has 3 nitrogen and oxygen atoms in total. The van der Waals surface area contributed by atoms with Gasteiger partial charge in [-0.3, -0.25) is 0 Å². The number of hydrogen-bond acceptors (Lipinski definition) is 3. The second kappa shape index (κ2) is 4.57. The number of aromatic nitrogens is 2. The van der Waals surface area contributed by atoms with Gasteiger partial charge in [-0.15, -0.1) is 0 Å². The molecule has 5 heteroatoms. The monoisotopic (exact) mass is 282 g/mol. The van der Waals surface area contributed by atoms with Crippen molar-refractivity contribution in [1.82, 2.24) is 9.97 Å². The van der Waals surface area contributed by atoms with E-state index in [9.17, 15) is 4.39 Å². The molecule has 0 saturated carbocycles. The van der Waals surface area contributed by atoms with Gasteiger partial charge in [0.2, 0.25) is 5.88 Å². The maximum atomic E-state index is 12.7. The zero-order valence-electron chi connectivity index (χ0n) is 8.45. The third kappa shape index (κ3) is 2.76. The van der Waals surface area contributed by atoms with Crippen molar-refractivity contribution in [3.63, 3.8) is 0 Å². The summed E-state index contributed by atoms with van der Waals surface area (Å²) in [4.78, 5) is 8.15. The average molecular weight is 283 g/mol. The number of aryl methyl sites for hydroxylation is 1. The molecule has 1 aromatic carbocycles. The Bertz CT molecular complexity index is 482. The molecule has 0 N–H and O–H groups in total. The Balaban J connectivity index is 2.23. The molecule has 0 unspecified atom stereocenters. The fourth-order valence-corrected chi connectivity index (χ4v) is 1.63. The zero-order valence-corrected chi connectivity index (χ0v) is 10.0. The van der Waals surface area contributed by atoms with Crippen molar-refractivity contribution >= 4 is 15.9 Å². The highest BCUT2D eigenvalue weighted by molar-refractivity contribution is 9.10. The van der Waals surface area contributed by atoms with Crippen LogP contribution in [0.5, 0.6) is 11.6 Å². The van der Waals surface area contributed by atoms with E-state index >= 15 is 0 Å². The molecule has 0 amide bonds. The molecule has 2 rings (SSSR count). The highest BCUT2D eigenvalue weighted by Gasteiger charge is 2.02. The lowest BCUT2D eigenvalue weighted by Crippen LogP contribution is -1.93. The quantitative estimate of drug-likeness (QED) is 0.791. The third-order valence-electron chi connectivity index (χ3n) is 1.82. The fourth-order valence-electron chi connectivity index (χ4n) is 1.18. The van der Waals surface area contributed by atoms with Crippen molar-refractivity contribution in [2.24, 2.45) is 0 Å². The van der Waals surface area contributed by atoms with Crippen LogP contribution in [0.2, 0.25) is 0 Å². The van der Waals surface area contributed by atoms with Gasteiger partial charge in [-0.1, -0.05) is 0 Å². The largest absolute Gasteiger partial charge is 0.439 e.